The summed E-state index contributed by atoms with van der Waals surface area (Å²) in [7, 11) is 2.58. The predicted molar refractivity (Wildman–Crippen MR) is 81.0 cm³/mol. The van der Waals surface area contributed by atoms with Gasteiger partial charge in [0.15, 0.2) is 0 Å². The Bertz CT molecular complexity index is 654. The molecule has 3 nitrogen and oxygen atoms in total. The van der Waals surface area contributed by atoms with Crippen LogP contribution in [0.1, 0.15) is 25.3 Å². The molecule has 0 bridgehead atoms. The van der Waals surface area contributed by atoms with Crippen LogP contribution in [0.15, 0.2) is 18.2 Å². The number of nitrogens with zero attached hydrogens (tertiary/aromatic N) is 2. The van der Waals surface area contributed by atoms with Crippen molar-refractivity contribution in [3.05, 3.63) is 29.6 Å². The van der Waals surface area contributed by atoms with E-state index in [2.05, 4.69) is 21.3 Å². The Kier molecular flexibility index (Phi) is 3.51. The molecule has 0 spiro atoms. The van der Waals surface area contributed by atoms with Crippen LogP contribution in [0.2, 0.25) is 0 Å². The molecule has 2 aromatic rings. The average molecular weight is 292 g/mol. The molecule has 0 saturated carbocycles. The fourth-order valence-corrected chi connectivity index (χ4v) is 3.01. The molecule has 0 N–H and O–H groups in total. The lowest BCUT2D eigenvalue weighted by Crippen LogP contribution is -2.10. The summed E-state index contributed by atoms with van der Waals surface area (Å²) in [4.78, 5) is 0. The van der Waals surface area contributed by atoms with E-state index in [0.29, 0.717) is 0 Å². The first-order valence-electron chi connectivity index (χ1n) is 6.85. The molecule has 5 heteroatoms. The van der Waals surface area contributed by atoms with Gasteiger partial charge in [-0.05, 0) is 50.2 Å². The quantitative estimate of drug-likeness (QED) is 0.755. The van der Waals surface area contributed by atoms with E-state index in [9.17, 15) is 4.39 Å². The molecule has 3 rings (SSSR count). The van der Waals surface area contributed by atoms with E-state index in [0.717, 1.165) is 47.4 Å². The van der Waals surface area contributed by atoms with Gasteiger partial charge in [-0.1, -0.05) is 0 Å². The van der Waals surface area contributed by atoms with Gasteiger partial charge in [0.1, 0.15) is 5.82 Å². The summed E-state index contributed by atoms with van der Waals surface area (Å²) in [6, 6.07) is 4.75. The number of hydrogen-bond acceptors (Lipinski definition) is 2. The van der Waals surface area contributed by atoms with Gasteiger partial charge in [0.25, 0.3) is 0 Å². The van der Waals surface area contributed by atoms with E-state index >= 15 is 0 Å². The zero-order valence-electron chi connectivity index (χ0n) is 11.7. The third-order valence-electron chi connectivity index (χ3n) is 3.69. The molecular formula is C15H18FN2OP. The van der Waals surface area contributed by atoms with Crippen molar-refractivity contribution < 1.29 is 9.13 Å². The van der Waals surface area contributed by atoms with Gasteiger partial charge in [0.2, 0.25) is 5.88 Å². The molecule has 0 aliphatic carbocycles. The van der Waals surface area contributed by atoms with Crippen molar-refractivity contribution >= 4 is 14.5 Å². The van der Waals surface area contributed by atoms with Crippen LogP contribution in [-0.4, -0.2) is 15.9 Å². The molecule has 0 amide bonds. The van der Waals surface area contributed by atoms with Gasteiger partial charge >= 0.3 is 0 Å². The maximum absolute atomic E-state index is 13.2. The van der Waals surface area contributed by atoms with Crippen molar-refractivity contribution in [1.82, 2.24) is 9.78 Å². The smallest absolute Gasteiger partial charge is 0.215 e. The topological polar surface area (TPSA) is 27.1 Å². The summed E-state index contributed by atoms with van der Waals surface area (Å²) < 4.78 is 21.1. The highest BCUT2D eigenvalue weighted by Gasteiger charge is 2.22. The molecule has 1 aliphatic rings. The van der Waals surface area contributed by atoms with Crippen molar-refractivity contribution in [2.24, 2.45) is 0 Å². The van der Waals surface area contributed by atoms with Crippen molar-refractivity contribution in [3.8, 4) is 17.1 Å². The second kappa shape index (κ2) is 5.17. The summed E-state index contributed by atoms with van der Waals surface area (Å²) in [5.41, 5.74) is 2.83. The highest BCUT2D eigenvalue weighted by atomic mass is 31.0. The average Bonchev–Trinajstić information content (AvgIpc) is 2.58. The fourth-order valence-electron chi connectivity index (χ4n) is 2.62. The van der Waals surface area contributed by atoms with Gasteiger partial charge in [0, 0.05) is 17.7 Å². The fraction of sp³-hybridized carbons (Fsp3) is 0.400. The number of benzene rings is 1. The van der Waals surface area contributed by atoms with Crippen LogP contribution < -0.4 is 10.0 Å². The second-order valence-electron chi connectivity index (χ2n) is 5.30. The molecule has 20 heavy (non-hydrogen) atoms. The normalized spacial score (nSPS) is 18.3. The Morgan fingerprint density at radius 2 is 2.25 bits per heavy atom. The number of halogens is 1. The number of ether oxygens (including phenoxy) is 1. The summed E-state index contributed by atoms with van der Waals surface area (Å²) in [5, 5.41) is 5.48. The summed E-state index contributed by atoms with van der Waals surface area (Å²) in [5.74, 6) is 0.612. The Morgan fingerprint density at radius 1 is 1.45 bits per heavy atom. The van der Waals surface area contributed by atoms with Crippen molar-refractivity contribution in [3.63, 3.8) is 0 Å². The lowest BCUT2D eigenvalue weighted by Gasteiger charge is -2.11. The van der Waals surface area contributed by atoms with E-state index in [4.69, 9.17) is 4.74 Å². The molecule has 1 aliphatic heterocycles. The van der Waals surface area contributed by atoms with E-state index in [1.54, 1.807) is 6.07 Å². The van der Waals surface area contributed by atoms with Crippen LogP contribution in [0, 0.1) is 12.7 Å². The third kappa shape index (κ3) is 2.33. The summed E-state index contributed by atoms with van der Waals surface area (Å²) in [6.07, 6.45) is 2.32. The van der Waals surface area contributed by atoms with Crippen LogP contribution in [-0.2, 0) is 6.54 Å². The molecule has 1 aromatic carbocycles. The second-order valence-corrected chi connectivity index (χ2v) is 5.93. The third-order valence-corrected chi connectivity index (χ3v) is 4.17. The largest absolute Gasteiger partial charge is 0.475 e. The number of rotatable bonds is 1. The maximum atomic E-state index is 13.2. The Morgan fingerprint density at radius 3 is 3.00 bits per heavy atom. The summed E-state index contributed by atoms with van der Waals surface area (Å²) >= 11 is 0. The molecule has 1 unspecified atom stereocenters. The lowest BCUT2D eigenvalue weighted by atomic mass is 10.1. The molecule has 0 radical (unpaired) electrons. The van der Waals surface area contributed by atoms with Gasteiger partial charge in [-0.2, -0.15) is 5.10 Å². The first kappa shape index (κ1) is 13.6. The first-order chi connectivity index (χ1) is 9.56. The zero-order chi connectivity index (χ0) is 14.3. The molecule has 1 aromatic heterocycles. The van der Waals surface area contributed by atoms with Gasteiger partial charge in [-0.3, -0.25) is 0 Å². The minimum absolute atomic E-state index is 0.211. The molecule has 2 heterocycles. The molecule has 0 fully saturated rings. The minimum atomic E-state index is -0.234. The Balaban J connectivity index is 2.09. The van der Waals surface area contributed by atoms with E-state index in [1.165, 1.54) is 12.1 Å². The van der Waals surface area contributed by atoms with E-state index in [-0.39, 0.29) is 11.9 Å². The van der Waals surface area contributed by atoms with Crippen molar-refractivity contribution in [2.75, 3.05) is 0 Å². The number of aryl methyl sites for hydroxylation is 1. The lowest BCUT2D eigenvalue weighted by molar-refractivity contribution is 0.207. The van der Waals surface area contributed by atoms with Gasteiger partial charge < -0.3 is 4.74 Å². The molecular weight excluding hydrogens is 274 g/mol. The van der Waals surface area contributed by atoms with E-state index in [1.807, 2.05) is 11.6 Å². The first-order valence-corrected chi connectivity index (χ1v) is 7.43. The number of hydrogen-bond donors (Lipinski definition) is 0. The Labute approximate surface area is 120 Å². The maximum Gasteiger partial charge on any atom is 0.215 e. The van der Waals surface area contributed by atoms with Gasteiger partial charge in [0.05, 0.1) is 11.8 Å². The number of aromatic nitrogens is 2. The highest BCUT2D eigenvalue weighted by Crippen LogP contribution is 2.32. The predicted octanol–water partition coefficient (Wildman–Crippen LogP) is 3.06. The van der Waals surface area contributed by atoms with Crippen molar-refractivity contribution in [1.29, 1.82) is 0 Å². The SMILES string of the molecule is Cc1c(-c2ccc(F)cc2P)nn2c1O[C@@H](C)CCC2. The highest BCUT2D eigenvalue weighted by molar-refractivity contribution is 7.28. The van der Waals surface area contributed by atoms with Crippen molar-refractivity contribution in [2.45, 2.75) is 39.3 Å². The van der Waals surface area contributed by atoms with Crippen LogP contribution >= 0.6 is 9.24 Å². The molecule has 106 valence electrons. The van der Waals surface area contributed by atoms with Crippen LogP contribution in [0.25, 0.3) is 11.3 Å². The summed E-state index contributed by atoms with van der Waals surface area (Å²) in [6.45, 7) is 4.97. The van der Waals surface area contributed by atoms with Crippen LogP contribution in [0.4, 0.5) is 4.39 Å². The molecule has 0 saturated heterocycles. The standard InChI is InChI=1S/C15H18FN2OP/c1-9-4-3-7-18-15(19-9)10(2)14(17-18)12-6-5-11(16)8-13(12)20/h5-6,8-9H,3-4,7,20H2,1-2H3/t9-/m0/s1. The van der Waals surface area contributed by atoms with Crippen LogP contribution in [0.3, 0.4) is 0 Å². The van der Waals surface area contributed by atoms with Gasteiger partial charge in [-0.25, -0.2) is 9.07 Å². The monoisotopic (exact) mass is 292 g/mol. The van der Waals surface area contributed by atoms with Gasteiger partial charge in [-0.15, -0.1) is 9.24 Å². The zero-order valence-corrected chi connectivity index (χ0v) is 12.8. The van der Waals surface area contributed by atoms with E-state index < -0.39 is 0 Å². The Hall–Kier alpha value is -1.41. The molecule has 2 atom stereocenters. The minimum Gasteiger partial charge on any atom is -0.475 e. The van der Waals surface area contributed by atoms with Crippen LogP contribution in [0.5, 0.6) is 5.88 Å². The number of fused-ring (bicyclic) bond motifs is 1.